The summed E-state index contributed by atoms with van der Waals surface area (Å²) in [6.45, 7) is 55.5. The van der Waals surface area contributed by atoms with Crippen molar-refractivity contribution < 1.29 is 17.9 Å². The Morgan fingerprint density at radius 2 is 0.696 bits per heavy atom. The van der Waals surface area contributed by atoms with Gasteiger partial charge in [-0.3, -0.25) is 0 Å². The Morgan fingerprint density at radius 3 is 0.848 bits per heavy atom. The van der Waals surface area contributed by atoms with Crippen LogP contribution in [0.5, 0.6) is 0 Å². The third-order valence-electron chi connectivity index (χ3n) is 8.19. The molecule has 0 atom stereocenters. The molecule has 0 aliphatic rings. The summed E-state index contributed by atoms with van der Waals surface area (Å²) in [5, 5.41) is 8.29. The zero-order valence-electron chi connectivity index (χ0n) is 55.7. The van der Waals surface area contributed by atoms with Gasteiger partial charge in [0.25, 0.3) is 0 Å². The number of nitriles is 1. The zero-order valence-corrected chi connectivity index (χ0v) is 57.5. The second-order valence-electron chi connectivity index (χ2n) is 18.1. The van der Waals surface area contributed by atoms with Crippen molar-refractivity contribution in [2.75, 3.05) is 26.7 Å². The molecule has 0 spiro atoms. The predicted molar refractivity (Wildman–Crippen MR) is 366 cm³/mol. The number of benzene rings is 5. The number of aryl methyl sites for hydroxylation is 2. The Morgan fingerprint density at radius 1 is 0.468 bits per heavy atom. The van der Waals surface area contributed by atoms with Gasteiger partial charge in [-0.2, -0.15) is 14.0 Å². The molecule has 0 aliphatic carbocycles. The molecule has 0 aromatic heterocycles. The van der Waals surface area contributed by atoms with Crippen LogP contribution in [0.4, 0.5) is 8.78 Å². The van der Waals surface area contributed by atoms with Crippen LogP contribution in [0, 0.1) is 25.2 Å². The van der Waals surface area contributed by atoms with Crippen LogP contribution in [-0.2, 0) is 21.0 Å². The number of allylic oxidation sites excluding steroid dienone is 1. The molecule has 5 aromatic rings. The van der Waals surface area contributed by atoms with E-state index in [0.717, 1.165) is 13.3 Å². The molecule has 7 heteroatoms. The fourth-order valence-electron chi connectivity index (χ4n) is 3.91. The monoisotopic (exact) mass is 1140 g/mol. The van der Waals surface area contributed by atoms with E-state index in [-0.39, 0.29) is 5.56 Å². The number of alkyl halides is 2. The number of hydrogen-bond acceptors (Lipinski definition) is 3. The molecule has 0 unspecified atom stereocenters. The van der Waals surface area contributed by atoms with Crippen molar-refractivity contribution in [2.24, 2.45) is 0 Å². The molecule has 0 heterocycles. The highest BCUT2D eigenvalue weighted by Gasteiger charge is 2.44. The van der Waals surface area contributed by atoms with Gasteiger partial charge in [-0.15, -0.1) is 19.7 Å². The molecule has 5 aromatic carbocycles. The summed E-state index contributed by atoms with van der Waals surface area (Å²) in [6, 6.07) is 48.9. The van der Waals surface area contributed by atoms with Gasteiger partial charge in [0.2, 0.25) is 0 Å². The number of hydrogen-bond donors (Lipinski definition) is 0. The van der Waals surface area contributed by atoms with Crippen LogP contribution in [0.1, 0.15) is 223 Å². The van der Waals surface area contributed by atoms with Gasteiger partial charge in [-0.25, -0.2) is 0 Å². The number of halogens is 2. The van der Waals surface area contributed by atoms with Crippen molar-refractivity contribution in [1.29, 1.82) is 5.26 Å². The van der Waals surface area contributed by atoms with E-state index < -0.39 is 19.9 Å². The normalized spacial score (nSPS) is 8.71. The van der Waals surface area contributed by atoms with Crippen LogP contribution in [0.15, 0.2) is 177 Å². The molecule has 0 radical (unpaired) electrons. The summed E-state index contributed by atoms with van der Waals surface area (Å²) in [7, 11) is -5.31. The Balaban J connectivity index is -0.0000000838. The lowest BCUT2D eigenvalue weighted by atomic mass is 10.2. The topological polar surface area (TPSA) is 57.9 Å². The fourth-order valence-corrected chi connectivity index (χ4v) is 5.77. The van der Waals surface area contributed by atoms with E-state index in [2.05, 4.69) is 155 Å². The summed E-state index contributed by atoms with van der Waals surface area (Å²) in [6.07, 6.45) is 18.2. The second-order valence-corrected chi connectivity index (χ2v) is 24.9. The molecule has 5 rings (SSSR count). The Labute approximate surface area is 493 Å². The van der Waals surface area contributed by atoms with Crippen molar-refractivity contribution >= 4 is 14.3 Å². The number of nitrogens with zero attached hydrogens (tertiary/aromatic N) is 1. The van der Waals surface area contributed by atoms with Gasteiger partial charge in [0.05, 0.1) is 18.8 Å². The van der Waals surface area contributed by atoms with Gasteiger partial charge in [-0.1, -0.05) is 345 Å². The summed E-state index contributed by atoms with van der Waals surface area (Å²) in [4.78, 5) is 0. The van der Waals surface area contributed by atoms with E-state index in [4.69, 9.17) is 5.26 Å². The molecule has 0 N–H and O–H groups in total. The van der Waals surface area contributed by atoms with Crippen molar-refractivity contribution in [1.82, 2.24) is 0 Å². The molecule has 3 nitrogen and oxygen atoms in total. The van der Waals surface area contributed by atoms with Gasteiger partial charge >= 0.3 is 5.66 Å². The van der Waals surface area contributed by atoms with Crippen LogP contribution in [0.25, 0.3) is 0 Å². The van der Waals surface area contributed by atoms with E-state index in [0.29, 0.717) is 11.7 Å². The van der Waals surface area contributed by atoms with E-state index in [1.54, 1.807) is 24.3 Å². The first-order chi connectivity index (χ1) is 37.5. The Hall–Kier alpha value is -4.61. The van der Waals surface area contributed by atoms with E-state index in [1.807, 2.05) is 125 Å². The molecule has 79 heavy (non-hydrogen) atoms. The first-order valence-electron chi connectivity index (χ1n) is 29.6. The Bertz CT molecular complexity index is 1850. The molecule has 0 fully saturated rings. The maximum absolute atomic E-state index is 13.4. The van der Waals surface area contributed by atoms with Crippen molar-refractivity contribution in [3.05, 3.63) is 205 Å². The molecule has 0 bridgehead atoms. The molecular weight excluding hydrogens is 1010 g/mol. The van der Waals surface area contributed by atoms with Crippen molar-refractivity contribution in [3.8, 4) is 6.07 Å². The molecule has 0 saturated heterocycles. The summed E-state index contributed by atoms with van der Waals surface area (Å²) in [5.41, 5.74) is 1.13. The average Bonchev–Trinajstić information content (AvgIpc) is 3.44. The second kappa shape index (κ2) is 82.2. The molecule has 0 saturated carbocycles. The van der Waals surface area contributed by atoms with E-state index >= 15 is 0 Å². The first kappa shape index (κ1) is 96.6. The van der Waals surface area contributed by atoms with Crippen LogP contribution in [0.3, 0.4) is 0 Å². The lowest BCUT2D eigenvalue weighted by molar-refractivity contribution is 0.0893. The highest BCUT2D eigenvalue weighted by atomic mass is 31.2. The minimum Gasteiger partial charge on any atom is -0.324 e. The van der Waals surface area contributed by atoms with Gasteiger partial charge in [0, 0.05) is 11.7 Å². The van der Waals surface area contributed by atoms with Crippen LogP contribution in [0.2, 0.25) is 0 Å². The van der Waals surface area contributed by atoms with Gasteiger partial charge in [-0.05, 0) is 65.1 Å². The lowest BCUT2D eigenvalue weighted by Crippen LogP contribution is -2.12. The molecule has 0 amide bonds. The maximum Gasteiger partial charge on any atom is 0.322 e. The highest BCUT2D eigenvalue weighted by molar-refractivity contribution is 7.63. The quantitative estimate of drug-likeness (QED) is 0.109. The lowest BCUT2D eigenvalue weighted by Gasteiger charge is -2.20. The third-order valence-corrected chi connectivity index (χ3v) is 10.9. The first-order valence-corrected chi connectivity index (χ1v) is 35.0. The fraction of sp³-hybridized carbons (Fsp3) is 0.514. The molecule has 0 aliphatic heterocycles. The summed E-state index contributed by atoms with van der Waals surface area (Å²) in [5.74, 6) is 0. The standard InChI is InChI=1S/C9H11F2OP.C9H13OP.C7H5N.2C7H8.C5H12.3C4H10.3C3H8.C3H6.C2H6.C2H4/c1-13(2,12)9(10,11)8-6-4-3-5-7-8;1-11(2,10)8-9-6-4-3-5-7-9;8-6-7-4-2-1-3-5-7;2*1-7-5-3-2-4-6-7;1-3-5-4-2;3*1-3-4-2;4*1-3-2;2*1-2/h3-7H,1-2H3;3-7H,8H2,1-2H3;1-5H;2*2-6H,1H3;3-5H2,1-2H3;3*3-4H2,1-2H3;3*3H2,1-2H3;3H,1H2,2H3;1-2H3;1-2H2. The minimum absolute atomic E-state index is 0.177. The predicted octanol–water partition coefficient (Wildman–Crippen LogP) is 26.6. The molecule has 456 valence electrons. The van der Waals surface area contributed by atoms with E-state index in [9.17, 15) is 17.9 Å². The third kappa shape index (κ3) is 96.1. The van der Waals surface area contributed by atoms with Crippen LogP contribution in [-0.4, -0.2) is 26.7 Å². The van der Waals surface area contributed by atoms with Crippen LogP contribution >= 0.6 is 14.3 Å². The SMILES string of the molecule is C=C.C=CC.CC.CCC.CCC.CCC.CCCC.CCCC.CCCC.CCCCC.CP(C)(=O)C(F)(F)c1ccccc1.CP(C)(=O)Cc1ccccc1.Cc1ccccc1.Cc1ccccc1.N#Cc1ccccc1. The van der Waals surface area contributed by atoms with Gasteiger partial charge < -0.3 is 9.13 Å². The summed E-state index contributed by atoms with van der Waals surface area (Å²) >= 11 is 0. The largest absolute Gasteiger partial charge is 0.324 e. The summed E-state index contributed by atoms with van der Waals surface area (Å²) < 4.78 is 49.5. The number of unbranched alkanes of at least 4 members (excludes halogenated alkanes) is 5. The van der Waals surface area contributed by atoms with Gasteiger partial charge in [0.1, 0.15) is 0 Å². The van der Waals surface area contributed by atoms with Crippen molar-refractivity contribution in [3.63, 3.8) is 0 Å². The zero-order chi connectivity index (χ0) is 63.7. The van der Waals surface area contributed by atoms with E-state index in [1.165, 1.54) is 118 Å². The Kier molecular flexibility index (Phi) is 101. The minimum atomic E-state index is -3.42. The average molecular weight is 1140 g/mol. The van der Waals surface area contributed by atoms with Crippen molar-refractivity contribution in [2.45, 2.75) is 220 Å². The van der Waals surface area contributed by atoms with Gasteiger partial charge in [0.15, 0.2) is 7.14 Å². The van der Waals surface area contributed by atoms with Crippen LogP contribution < -0.4 is 0 Å². The maximum atomic E-state index is 13.4. The highest BCUT2D eigenvalue weighted by Crippen LogP contribution is 2.59. The number of rotatable bonds is 9. The smallest absolute Gasteiger partial charge is 0.322 e. The molecular formula is C72H127F2NO2P2.